The molecule has 0 spiro atoms. The van der Waals surface area contributed by atoms with E-state index < -0.39 is 0 Å². The van der Waals surface area contributed by atoms with Gasteiger partial charge >= 0.3 is 0 Å². The number of allylic oxidation sites excluding steroid dienone is 1. The Labute approximate surface area is 87.8 Å². The zero-order valence-corrected chi connectivity index (χ0v) is 8.21. The van der Waals surface area contributed by atoms with E-state index in [1.807, 2.05) is 30.3 Å². The van der Waals surface area contributed by atoms with Crippen molar-refractivity contribution in [2.24, 2.45) is 5.73 Å². The molecule has 70 valence electrons. The summed E-state index contributed by atoms with van der Waals surface area (Å²) in [4.78, 5) is 0. The molecule has 0 saturated carbocycles. The van der Waals surface area contributed by atoms with E-state index in [4.69, 9.17) is 23.2 Å². The lowest BCUT2D eigenvalue weighted by molar-refractivity contribution is 1.53. The van der Waals surface area contributed by atoms with E-state index >= 15 is 0 Å². The highest BCUT2D eigenvalue weighted by atomic mass is 32.1. The minimum absolute atomic E-state index is 0.241. The minimum Gasteiger partial charge on any atom is -0.376 e. The van der Waals surface area contributed by atoms with E-state index in [9.17, 15) is 0 Å². The number of hydrogen-bond acceptors (Lipinski definition) is 2. The molecule has 0 aromatic heterocycles. The van der Waals surface area contributed by atoms with E-state index in [1.54, 1.807) is 6.08 Å². The highest BCUT2D eigenvalue weighted by molar-refractivity contribution is 7.80. The molecule has 1 aromatic rings. The number of nitrogens with two attached hydrogens (primary N) is 1. The fourth-order valence-electron chi connectivity index (χ4n) is 0.953. The average molecular weight is 203 g/mol. The van der Waals surface area contributed by atoms with Crippen LogP contribution in [0.5, 0.6) is 0 Å². The zero-order chi connectivity index (χ0) is 10.4. The molecule has 0 bridgehead atoms. The molecule has 0 unspecified atom stereocenters. The summed E-state index contributed by atoms with van der Waals surface area (Å²) >= 11 is 4.69. The summed E-state index contributed by atoms with van der Waals surface area (Å²) in [6, 6.07) is 9.35. The Hall–Kier alpha value is -1.86. The van der Waals surface area contributed by atoms with Crippen molar-refractivity contribution in [1.82, 2.24) is 0 Å². The van der Waals surface area contributed by atoms with Gasteiger partial charge in [-0.25, -0.2) is 0 Å². The van der Waals surface area contributed by atoms with E-state index in [2.05, 4.69) is 5.32 Å². The van der Waals surface area contributed by atoms with E-state index in [-0.39, 0.29) is 5.11 Å². The molecular weight excluding hydrogens is 194 g/mol. The van der Waals surface area contributed by atoms with Gasteiger partial charge in [-0.15, -0.1) is 0 Å². The van der Waals surface area contributed by atoms with Crippen LogP contribution in [0.15, 0.2) is 30.3 Å². The molecule has 0 saturated heterocycles. The molecule has 0 aliphatic heterocycles. The van der Waals surface area contributed by atoms with Crippen molar-refractivity contribution in [3.05, 3.63) is 35.9 Å². The van der Waals surface area contributed by atoms with Crippen LogP contribution in [0.4, 0.5) is 5.69 Å². The van der Waals surface area contributed by atoms with Crippen molar-refractivity contribution in [2.45, 2.75) is 0 Å². The molecule has 14 heavy (non-hydrogen) atoms. The maximum absolute atomic E-state index is 8.32. The van der Waals surface area contributed by atoms with Gasteiger partial charge in [-0.3, -0.25) is 0 Å². The average Bonchev–Trinajstić information content (AvgIpc) is 2.16. The Kier molecular flexibility index (Phi) is 3.65. The van der Waals surface area contributed by atoms with Gasteiger partial charge in [0, 0.05) is 11.8 Å². The molecule has 3 nitrogen and oxygen atoms in total. The molecule has 0 aliphatic carbocycles. The summed E-state index contributed by atoms with van der Waals surface area (Å²) in [7, 11) is 0. The predicted octanol–water partition coefficient (Wildman–Crippen LogP) is 1.88. The highest BCUT2D eigenvalue weighted by Crippen LogP contribution is 2.10. The lowest BCUT2D eigenvalue weighted by Gasteiger charge is -2.02. The molecule has 0 radical (unpaired) electrons. The van der Waals surface area contributed by atoms with Gasteiger partial charge in [-0.1, -0.05) is 12.1 Å². The van der Waals surface area contributed by atoms with E-state index in [0.717, 1.165) is 11.3 Å². The zero-order valence-electron chi connectivity index (χ0n) is 7.40. The van der Waals surface area contributed by atoms with Crippen LogP contribution in [0.3, 0.4) is 0 Å². The molecule has 1 rings (SSSR count). The molecule has 0 fully saturated rings. The van der Waals surface area contributed by atoms with Crippen molar-refractivity contribution in [1.29, 1.82) is 5.26 Å². The third kappa shape index (κ3) is 3.25. The number of nitrogens with one attached hydrogen (secondary N) is 1. The molecular formula is C10H9N3S. The Morgan fingerprint density at radius 2 is 2.07 bits per heavy atom. The van der Waals surface area contributed by atoms with Gasteiger partial charge in [0.25, 0.3) is 0 Å². The van der Waals surface area contributed by atoms with Crippen LogP contribution in [-0.4, -0.2) is 5.11 Å². The van der Waals surface area contributed by atoms with Crippen LogP contribution < -0.4 is 11.1 Å². The van der Waals surface area contributed by atoms with Gasteiger partial charge < -0.3 is 11.1 Å². The lowest BCUT2D eigenvalue weighted by Crippen LogP contribution is -2.18. The van der Waals surface area contributed by atoms with Crippen molar-refractivity contribution in [3.63, 3.8) is 0 Å². The van der Waals surface area contributed by atoms with Crippen molar-refractivity contribution in [3.8, 4) is 6.07 Å². The second-order valence-corrected chi connectivity index (χ2v) is 3.01. The normalized spacial score (nSPS) is 9.64. The number of nitrogens with zero attached hydrogens (tertiary/aromatic N) is 1. The summed E-state index contributed by atoms with van der Waals surface area (Å²) in [6.45, 7) is 0. The lowest BCUT2D eigenvalue weighted by atomic mass is 10.2. The fraction of sp³-hybridized carbons (Fsp3) is 0. The Morgan fingerprint density at radius 3 is 2.57 bits per heavy atom. The molecule has 0 heterocycles. The first kappa shape index (κ1) is 10.2. The Bertz CT molecular complexity index is 387. The fourth-order valence-corrected chi connectivity index (χ4v) is 1.07. The van der Waals surface area contributed by atoms with Crippen LogP contribution >= 0.6 is 12.2 Å². The first-order valence-corrected chi connectivity index (χ1v) is 4.36. The number of benzene rings is 1. The van der Waals surface area contributed by atoms with Crippen LogP contribution in [0, 0.1) is 11.3 Å². The van der Waals surface area contributed by atoms with E-state index in [1.165, 1.54) is 6.08 Å². The monoisotopic (exact) mass is 203 g/mol. The highest BCUT2D eigenvalue weighted by Gasteiger charge is 1.91. The van der Waals surface area contributed by atoms with Gasteiger partial charge in [0.2, 0.25) is 0 Å². The third-order valence-corrected chi connectivity index (χ3v) is 1.63. The molecule has 4 heteroatoms. The molecule has 1 aromatic carbocycles. The SMILES string of the molecule is N#CC=Cc1ccc(NC(N)=S)cc1. The Balaban J connectivity index is 2.74. The summed E-state index contributed by atoms with van der Waals surface area (Å²) < 4.78 is 0. The van der Waals surface area contributed by atoms with Gasteiger partial charge in [0.15, 0.2) is 5.11 Å². The minimum atomic E-state index is 0.241. The number of thiocarbonyl (C=S) groups is 1. The van der Waals surface area contributed by atoms with Crippen LogP contribution in [0.1, 0.15) is 5.56 Å². The summed E-state index contributed by atoms with van der Waals surface area (Å²) in [5, 5.41) is 11.4. The Morgan fingerprint density at radius 1 is 1.43 bits per heavy atom. The number of anilines is 1. The van der Waals surface area contributed by atoms with Gasteiger partial charge in [-0.2, -0.15) is 5.26 Å². The molecule has 0 aliphatic rings. The van der Waals surface area contributed by atoms with Crippen LogP contribution in [0.2, 0.25) is 0 Å². The summed E-state index contributed by atoms with van der Waals surface area (Å²) in [5.41, 5.74) is 7.10. The molecule has 3 N–H and O–H groups in total. The van der Waals surface area contributed by atoms with Gasteiger partial charge in [0.1, 0.15) is 0 Å². The predicted molar refractivity (Wildman–Crippen MR) is 61.5 cm³/mol. The van der Waals surface area contributed by atoms with Crippen molar-refractivity contribution in [2.75, 3.05) is 5.32 Å². The first-order valence-electron chi connectivity index (χ1n) is 3.95. The largest absolute Gasteiger partial charge is 0.376 e. The van der Waals surface area contributed by atoms with Crippen molar-refractivity contribution >= 4 is 29.1 Å². The molecule has 0 amide bonds. The summed E-state index contributed by atoms with van der Waals surface area (Å²) in [6.07, 6.45) is 3.15. The van der Waals surface area contributed by atoms with E-state index in [0.29, 0.717) is 0 Å². The summed E-state index contributed by atoms with van der Waals surface area (Å²) in [5.74, 6) is 0. The quantitative estimate of drug-likeness (QED) is 0.569. The first-order chi connectivity index (χ1) is 6.72. The number of rotatable bonds is 2. The van der Waals surface area contributed by atoms with Crippen LogP contribution in [-0.2, 0) is 0 Å². The number of hydrogen-bond donors (Lipinski definition) is 2. The molecule has 0 atom stereocenters. The topological polar surface area (TPSA) is 61.8 Å². The van der Waals surface area contributed by atoms with Crippen LogP contribution in [0.25, 0.3) is 6.08 Å². The van der Waals surface area contributed by atoms with Gasteiger partial charge in [-0.05, 0) is 36.0 Å². The van der Waals surface area contributed by atoms with Crippen molar-refractivity contribution < 1.29 is 0 Å². The maximum atomic E-state index is 8.32. The number of nitriles is 1. The smallest absolute Gasteiger partial charge is 0.168 e. The second-order valence-electron chi connectivity index (χ2n) is 2.57. The third-order valence-electron chi connectivity index (χ3n) is 1.53. The van der Waals surface area contributed by atoms with Gasteiger partial charge in [0.05, 0.1) is 6.07 Å². The standard InChI is InChI=1S/C10H9N3S/c11-7-1-2-8-3-5-9(6-4-8)13-10(12)14/h1-6H,(H3,12,13,14). The second kappa shape index (κ2) is 5.00. The maximum Gasteiger partial charge on any atom is 0.168 e.